The maximum atomic E-state index is 13.9. The molecule has 0 spiro atoms. The summed E-state index contributed by atoms with van der Waals surface area (Å²) < 4.78 is 77.6. The first-order chi connectivity index (χ1) is 12.7. The van der Waals surface area contributed by atoms with Crippen molar-refractivity contribution in [2.24, 2.45) is 5.73 Å². The second-order valence-corrected chi connectivity index (χ2v) is 5.17. The standard InChI is InChI=1S/C17H14F5NO4/c18-12-6-7-13(15(19)14(12)16(23)24)26-9-1-8-25-10-2-4-11(5-3-10)27-17(20,21)22/h2-7H,1,8-9H2,(H2,23,24). The van der Waals surface area contributed by atoms with Crippen LogP contribution < -0.4 is 19.9 Å². The van der Waals surface area contributed by atoms with Crippen molar-refractivity contribution in [3.8, 4) is 17.2 Å². The van der Waals surface area contributed by atoms with Crippen LogP contribution in [0.1, 0.15) is 16.8 Å². The number of carbonyl (C=O) groups is 1. The molecule has 0 fully saturated rings. The molecule has 0 bridgehead atoms. The van der Waals surface area contributed by atoms with Gasteiger partial charge in [-0.2, -0.15) is 0 Å². The number of benzene rings is 2. The van der Waals surface area contributed by atoms with Crippen molar-refractivity contribution in [1.82, 2.24) is 0 Å². The van der Waals surface area contributed by atoms with Crippen LogP contribution in [0.15, 0.2) is 36.4 Å². The lowest BCUT2D eigenvalue weighted by Crippen LogP contribution is -2.17. The first-order valence-corrected chi connectivity index (χ1v) is 7.56. The van der Waals surface area contributed by atoms with Crippen LogP contribution >= 0.6 is 0 Å². The third kappa shape index (κ3) is 6.01. The predicted octanol–water partition coefficient (Wildman–Crippen LogP) is 3.81. The summed E-state index contributed by atoms with van der Waals surface area (Å²) in [6.07, 6.45) is -4.49. The van der Waals surface area contributed by atoms with Crippen molar-refractivity contribution in [1.29, 1.82) is 0 Å². The van der Waals surface area contributed by atoms with Gasteiger partial charge in [0, 0.05) is 6.42 Å². The Hall–Kier alpha value is -3.04. The number of rotatable bonds is 8. The second-order valence-electron chi connectivity index (χ2n) is 5.17. The molecule has 0 atom stereocenters. The van der Waals surface area contributed by atoms with Gasteiger partial charge in [-0.3, -0.25) is 4.79 Å². The summed E-state index contributed by atoms with van der Waals surface area (Å²) >= 11 is 0. The van der Waals surface area contributed by atoms with Crippen molar-refractivity contribution in [2.75, 3.05) is 13.2 Å². The molecule has 0 unspecified atom stereocenters. The minimum atomic E-state index is -4.77. The molecule has 0 saturated heterocycles. The summed E-state index contributed by atoms with van der Waals surface area (Å²) in [4.78, 5) is 11.0. The van der Waals surface area contributed by atoms with Crippen molar-refractivity contribution in [3.63, 3.8) is 0 Å². The molecule has 10 heteroatoms. The zero-order valence-corrected chi connectivity index (χ0v) is 13.7. The molecule has 2 rings (SSSR count). The topological polar surface area (TPSA) is 70.8 Å². The highest BCUT2D eigenvalue weighted by molar-refractivity contribution is 5.93. The summed E-state index contributed by atoms with van der Waals surface area (Å²) in [5.41, 5.74) is 4.02. The van der Waals surface area contributed by atoms with Crippen LogP contribution in [0, 0.1) is 11.6 Å². The van der Waals surface area contributed by atoms with E-state index in [-0.39, 0.29) is 31.1 Å². The van der Waals surface area contributed by atoms with E-state index in [1.807, 2.05) is 0 Å². The highest BCUT2D eigenvalue weighted by Crippen LogP contribution is 2.25. The molecule has 0 saturated carbocycles. The van der Waals surface area contributed by atoms with E-state index in [0.29, 0.717) is 5.75 Å². The lowest BCUT2D eigenvalue weighted by Gasteiger charge is -2.11. The van der Waals surface area contributed by atoms with Crippen molar-refractivity contribution in [2.45, 2.75) is 12.8 Å². The zero-order valence-electron chi connectivity index (χ0n) is 13.7. The maximum Gasteiger partial charge on any atom is 0.573 e. The SMILES string of the molecule is NC(=O)c1c(F)ccc(OCCCOc2ccc(OC(F)(F)F)cc2)c1F. The molecule has 2 aromatic carbocycles. The monoisotopic (exact) mass is 391 g/mol. The summed E-state index contributed by atoms with van der Waals surface area (Å²) in [5, 5.41) is 0. The van der Waals surface area contributed by atoms with E-state index < -0.39 is 29.5 Å². The Morgan fingerprint density at radius 2 is 1.52 bits per heavy atom. The number of nitrogens with two attached hydrogens (primary N) is 1. The molecule has 146 valence electrons. The van der Waals surface area contributed by atoms with Gasteiger partial charge in [-0.1, -0.05) is 0 Å². The molecule has 27 heavy (non-hydrogen) atoms. The number of halogens is 5. The van der Waals surface area contributed by atoms with E-state index in [2.05, 4.69) is 4.74 Å². The normalized spacial score (nSPS) is 11.1. The number of hydrogen-bond donors (Lipinski definition) is 1. The average molecular weight is 391 g/mol. The molecular weight excluding hydrogens is 377 g/mol. The zero-order chi connectivity index (χ0) is 20.0. The van der Waals surface area contributed by atoms with Crippen LogP contribution in [0.25, 0.3) is 0 Å². The van der Waals surface area contributed by atoms with E-state index in [0.717, 1.165) is 24.3 Å². The van der Waals surface area contributed by atoms with Crippen LogP contribution in [0.4, 0.5) is 22.0 Å². The van der Waals surface area contributed by atoms with E-state index >= 15 is 0 Å². The Kier molecular flexibility index (Phi) is 6.43. The van der Waals surface area contributed by atoms with Gasteiger partial charge < -0.3 is 19.9 Å². The Morgan fingerprint density at radius 1 is 0.926 bits per heavy atom. The number of carbonyl (C=O) groups excluding carboxylic acids is 1. The van der Waals surface area contributed by atoms with E-state index in [1.54, 1.807) is 0 Å². The second kappa shape index (κ2) is 8.56. The van der Waals surface area contributed by atoms with Crippen molar-refractivity contribution < 1.29 is 41.0 Å². The highest BCUT2D eigenvalue weighted by atomic mass is 19.4. The van der Waals surface area contributed by atoms with Gasteiger partial charge >= 0.3 is 6.36 Å². The highest BCUT2D eigenvalue weighted by Gasteiger charge is 2.30. The number of primary amides is 1. The van der Waals surface area contributed by atoms with Crippen LogP contribution in [0.3, 0.4) is 0 Å². The van der Waals surface area contributed by atoms with Gasteiger partial charge in [0.15, 0.2) is 11.6 Å². The molecule has 0 radical (unpaired) electrons. The van der Waals surface area contributed by atoms with Gasteiger partial charge in [-0.25, -0.2) is 8.78 Å². The lowest BCUT2D eigenvalue weighted by atomic mass is 10.1. The maximum absolute atomic E-state index is 13.9. The van der Waals surface area contributed by atoms with E-state index in [4.69, 9.17) is 15.2 Å². The summed E-state index contributed by atoms with van der Waals surface area (Å²) in [7, 11) is 0. The molecule has 0 aliphatic carbocycles. The molecule has 5 nitrogen and oxygen atoms in total. The van der Waals surface area contributed by atoms with Gasteiger partial charge in [0.05, 0.1) is 13.2 Å². The van der Waals surface area contributed by atoms with Gasteiger partial charge in [0.2, 0.25) is 0 Å². The fourth-order valence-corrected chi connectivity index (χ4v) is 2.04. The fraction of sp³-hybridized carbons (Fsp3) is 0.235. The van der Waals surface area contributed by atoms with Gasteiger partial charge in [-0.15, -0.1) is 13.2 Å². The van der Waals surface area contributed by atoms with E-state index in [1.165, 1.54) is 12.1 Å². The van der Waals surface area contributed by atoms with E-state index in [9.17, 15) is 26.7 Å². The number of amides is 1. The molecular formula is C17H14F5NO4. The summed E-state index contributed by atoms with van der Waals surface area (Å²) in [6, 6.07) is 6.66. The minimum absolute atomic E-state index is 0.0178. The van der Waals surface area contributed by atoms with Gasteiger partial charge in [0.25, 0.3) is 5.91 Å². The third-order valence-electron chi connectivity index (χ3n) is 3.17. The molecule has 0 aliphatic rings. The summed E-state index contributed by atoms with van der Waals surface area (Å²) in [6.45, 7) is 0.0982. The molecule has 0 aliphatic heterocycles. The van der Waals surface area contributed by atoms with Gasteiger partial charge in [0.1, 0.15) is 22.9 Å². The molecule has 2 N–H and O–H groups in total. The van der Waals surface area contributed by atoms with Crippen LogP contribution in [-0.2, 0) is 0 Å². The summed E-state index contributed by atoms with van der Waals surface area (Å²) in [5.74, 6) is -3.95. The molecule has 0 aromatic heterocycles. The predicted molar refractivity (Wildman–Crippen MR) is 83.6 cm³/mol. The molecule has 2 aromatic rings. The number of hydrogen-bond acceptors (Lipinski definition) is 4. The molecule has 0 heterocycles. The van der Waals surface area contributed by atoms with Crippen LogP contribution in [0.2, 0.25) is 0 Å². The largest absolute Gasteiger partial charge is 0.573 e. The van der Waals surface area contributed by atoms with Crippen LogP contribution in [0.5, 0.6) is 17.2 Å². The first kappa shape index (κ1) is 20.3. The van der Waals surface area contributed by atoms with Crippen molar-refractivity contribution in [3.05, 3.63) is 53.6 Å². The van der Waals surface area contributed by atoms with Gasteiger partial charge in [-0.05, 0) is 36.4 Å². The smallest absolute Gasteiger partial charge is 0.493 e. The first-order valence-electron chi connectivity index (χ1n) is 7.56. The Balaban J connectivity index is 1.79. The van der Waals surface area contributed by atoms with Crippen molar-refractivity contribution >= 4 is 5.91 Å². The third-order valence-corrected chi connectivity index (χ3v) is 3.17. The fourth-order valence-electron chi connectivity index (χ4n) is 2.04. The minimum Gasteiger partial charge on any atom is -0.493 e. The molecule has 1 amide bonds. The lowest BCUT2D eigenvalue weighted by molar-refractivity contribution is -0.274. The Morgan fingerprint density at radius 3 is 2.11 bits per heavy atom. The Labute approximate surface area is 150 Å². The Bertz CT molecular complexity index is 793. The number of alkyl halides is 3. The average Bonchev–Trinajstić information content (AvgIpc) is 2.56. The quantitative estimate of drug-likeness (QED) is 0.549. The number of ether oxygens (including phenoxy) is 3. The van der Waals surface area contributed by atoms with Crippen LogP contribution in [-0.4, -0.2) is 25.5 Å².